The van der Waals surface area contributed by atoms with Gasteiger partial charge in [0.25, 0.3) is 0 Å². The van der Waals surface area contributed by atoms with Crippen LogP contribution in [0.4, 0.5) is 0 Å². The van der Waals surface area contributed by atoms with E-state index in [4.69, 9.17) is 4.55 Å². The molecule has 0 saturated heterocycles. The molecule has 0 spiro atoms. The first-order chi connectivity index (χ1) is 6.99. The van der Waals surface area contributed by atoms with Crippen LogP contribution in [0.1, 0.15) is 20.3 Å². The van der Waals surface area contributed by atoms with E-state index in [9.17, 15) is 8.42 Å². The Labute approximate surface area is 89.9 Å². The van der Waals surface area contributed by atoms with Crippen molar-refractivity contribution in [2.75, 3.05) is 6.61 Å². The van der Waals surface area contributed by atoms with Crippen molar-refractivity contribution < 1.29 is 17.2 Å². The first kappa shape index (κ1) is 14.1. The molecule has 0 amide bonds. The number of rotatable bonds is 4. The van der Waals surface area contributed by atoms with Gasteiger partial charge in [-0.05, 0) is 13.3 Å². The molecule has 0 saturated carbocycles. The molecule has 1 aromatic rings. The molecule has 0 unspecified atom stereocenters. The number of aromatic nitrogens is 2. The zero-order chi connectivity index (χ0) is 11.7. The molecule has 0 fully saturated rings. The molecule has 1 aromatic heterocycles. The second-order valence-corrected chi connectivity index (χ2v) is 3.73. The normalized spacial score (nSPS) is 10.6. The summed E-state index contributed by atoms with van der Waals surface area (Å²) in [6.07, 6.45) is 6.79. The maximum absolute atomic E-state index is 9.56. The highest BCUT2D eigenvalue weighted by Crippen LogP contribution is 1.87. The number of hydrogen-bond acceptors (Lipinski definition) is 4. The van der Waals surface area contributed by atoms with Crippen LogP contribution in [0.3, 0.4) is 0 Å². The lowest BCUT2D eigenvalue weighted by Crippen LogP contribution is -2.01. The molecule has 0 aliphatic carbocycles. The van der Waals surface area contributed by atoms with Crippen molar-refractivity contribution in [2.45, 2.75) is 26.8 Å². The fourth-order valence-corrected chi connectivity index (χ4v) is 1.12. The summed E-state index contributed by atoms with van der Waals surface area (Å²) >= 11 is 0. The molecule has 0 radical (unpaired) electrons. The van der Waals surface area contributed by atoms with Crippen LogP contribution in [0.2, 0.25) is 0 Å². The van der Waals surface area contributed by atoms with Gasteiger partial charge in [-0.15, -0.1) is 0 Å². The third kappa shape index (κ3) is 9.39. The minimum atomic E-state index is -4.17. The van der Waals surface area contributed by atoms with Crippen LogP contribution in [0.15, 0.2) is 18.7 Å². The first-order valence-electron chi connectivity index (χ1n) is 4.57. The van der Waals surface area contributed by atoms with E-state index < -0.39 is 10.4 Å². The van der Waals surface area contributed by atoms with Crippen molar-refractivity contribution >= 4 is 10.4 Å². The van der Waals surface area contributed by atoms with Gasteiger partial charge in [0.15, 0.2) is 0 Å². The Hall–Kier alpha value is -0.920. The Kier molecular flexibility index (Phi) is 6.93. The molecule has 1 heterocycles. The van der Waals surface area contributed by atoms with Crippen molar-refractivity contribution in [2.24, 2.45) is 0 Å². The summed E-state index contributed by atoms with van der Waals surface area (Å²) in [6, 6.07) is 0. The highest BCUT2D eigenvalue weighted by molar-refractivity contribution is 7.80. The maximum atomic E-state index is 9.56. The van der Waals surface area contributed by atoms with Crippen LogP contribution in [0.25, 0.3) is 0 Å². The topological polar surface area (TPSA) is 81.4 Å². The SMILES string of the molecule is CCCn1ccnc1.CCOS(=O)(=O)O. The maximum Gasteiger partial charge on any atom is 0.397 e. The lowest BCUT2D eigenvalue weighted by atomic mass is 10.5. The Balaban J connectivity index is 0.000000265. The van der Waals surface area contributed by atoms with Gasteiger partial charge >= 0.3 is 10.4 Å². The summed E-state index contributed by atoms with van der Waals surface area (Å²) in [5.74, 6) is 0. The number of aryl methyl sites for hydroxylation is 1. The lowest BCUT2D eigenvalue weighted by Gasteiger charge is -1.93. The molecule has 6 nitrogen and oxygen atoms in total. The number of nitrogens with zero attached hydrogens (tertiary/aromatic N) is 2. The Bertz CT molecular complexity index is 334. The van der Waals surface area contributed by atoms with Crippen molar-refractivity contribution in [3.63, 3.8) is 0 Å². The molecule has 0 bridgehead atoms. The smallest absolute Gasteiger partial charge is 0.338 e. The second kappa shape index (κ2) is 7.38. The quantitative estimate of drug-likeness (QED) is 0.792. The van der Waals surface area contributed by atoms with Gasteiger partial charge in [-0.1, -0.05) is 6.92 Å². The Morgan fingerprint density at radius 2 is 2.13 bits per heavy atom. The van der Waals surface area contributed by atoms with E-state index >= 15 is 0 Å². The Morgan fingerprint density at radius 1 is 1.47 bits per heavy atom. The van der Waals surface area contributed by atoms with Crippen LogP contribution < -0.4 is 0 Å². The van der Waals surface area contributed by atoms with E-state index in [2.05, 4.69) is 20.7 Å². The lowest BCUT2D eigenvalue weighted by molar-refractivity contribution is 0.283. The second-order valence-electron chi connectivity index (χ2n) is 2.63. The predicted molar refractivity (Wildman–Crippen MR) is 55.7 cm³/mol. The summed E-state index contributed by atoms with van der Waals surface area (Å²) in [5.41, 5.74) is 0. The van der Waals surface area contributed by atoms with Gasteiger partial charge < -0.3 is 4.57 Å². The third-order valence-corrected chi connectivity index (χ3v) is 1.84. The van der Waals surface area contributed by atoms with E-state index in [-0.39, 0.29) is 6.61 Å². The average Bonchev–Trinajstić information content (AvgIpc) is 2.56. The summed E-state index contributed by atoms with van der Waals surface area (Å²) in [5, 5.41) is 0. The fraction of sp³-hybridized carbons (Fsp3) is 0.625. The molecular formula is C8H16N2O4S. The molecule has 15 heavy (non-hydrogen) atoms. The summed E-state index contributed by atoms with van der Waals surface area (Å²) < 4.78 is 32.7. The molecule has 1 N–H and O–H groups in total. The van der Waals surface area contributed by atoms with E-state index in [1.165, 1.54) is 13.3 Å². The van der Waals surface area contributed by atoms with Crippen molar-refractivity contribution in [3.8, 4) is 0 Å². The fourth-order valence-electron chi connectivity index (χ4n) is 0.826. The van der Waals surface area contributed by atoms with E-state index in [1.807, 2.05) is 12.5 Å². The molecule has 0 atom stereocenters. The van der Waals surface area contributed by atoms with Crippen molar-refractivity contribution in [1.82, 2.24) is 9.55 Å². The highest BCUT2D eigenvalue weighted by atomic mass is 32.3. The average molecular weight is 236 g/mol. The number of hydrogen-bond donors (Lipinski definition) is 1. The minimum Gasteiger partial charge on any atom is -0.338 e. The van der Waals surface area contributed by atoms with Crippen molar-refractivity contribution in [1.29, 1.82) is 0 Å². The molecular weight excluding hydrogens is 220 g/mol. The van der Waals surface area contributed by atoms with Crippen LogP contribution in [0, 0.1) is 0 Å². The van der Waals surface area contributed by atoms with Crippen molar-refractivity contribution in [3.05, 3.63) is 18.7 Å². The van der Waals surface area contributed by atoms with Crippen LogP contribution >= 0.6 is 0 Å². The van der Waals surface area contributed by atoms with E-state index in [0.717, 1.165) is 6.54 Å². The highest BCUT2D eigenvalue weighted by Gasteiger charge is 1.98. The summed E-state index contributed by atoms with van der Waals surface area (Å²) in [7, 11) is -4.17. The molecule has 0 aliphatic rings. The van der Waals surface area contributed by atoms with Crippen LogP contribution in [-0.2, 0) is 21.1 Å². The van der Waals surface area contributed by atoms with Gasteiger partial charge in [0.05, 0.1) is 12.9 Å². The largest absolute Gasteiger partial charge is 0.397 e. The van der Waals surface area contributed by atoms with Crippen LogP contribution in [-0.4, -0.2) is 29.1 Å². The first-order valence-corrected chi connectivity index (χ1v) is 5.93. The van der Waals surface area contributed by atoms with Crippen LogP contribution in [0.5, 0.6) is 0 Å². The molecule has 7 heteroatoms. The Morgan fingerprint density at radius 3 is 2.40 bits per heavy atom. The van der Waals surface area contributed by atoms with Gasteiger partial charge in [-0.25, -0.2) is 9.17 Å². The zero-order valence-electron chi connectivity index (χ0n) is 8.83. The zero-order valence-corrected chi connectivity index (χ0v) is 9.64. The van der Waals surface area contributed by atoms with Gasteiger partial charge in [0.1, 0.15) is 0 Å². The predicted octanol–water partition coefficient (Wildman–Crippen LogP) is 1.12. The summed E-state index contributed by atoms with van der Waals surface area (Å²) in [6.45, 7) is 4.67. The van der Waals surface area contributed by atoms with E-state index in [0.29, 0.717) is 0 Å². The van der Waals surface area contributed by atoms with Gasteiger partial charge in [-0.2, -0.15) is 8.42 Å². The monoisotopic (exact) mass is 236 g/mol. The van der Waals surface area contributed by atoms with E-state index in [1.54, 1.807) is 6.20 Å². The summed E-state index contributed by atoms with van der Waals surface area (Å²) in [4.78, 5) is 3.90. The van der Waals surface area contributed by atoms with Gasteiger partial charge in [-0.3, -0.25) is 4.55 Å². The number of imidazole rings is 1. The van der Waals surface area contributed by atoms with Gasteiger partial charge in [0, 0.05) is 18.9 Å². The molecule has 0 aliphatic heterocycles. The molecule has 88 valence electrons. The third-order valence-electron chi connectivity index (χ3n) is 1.31. The molecule has 1 rings (SSSR count). The molecule has 0 aromatic carbocycles. The van der Waals surface area contributed by atoms with Gasteiger partial charge in [0.2, 0.25) is 0 Å². The minimum absolute atomic E-state index is 0.0289. The standard InChI is InChI=1S/C6H10N2.C2H6O4S/c1-2-4-8-5-3-7-6-8;1-2-6-7(3,4)5/h3,5-6H,2,4H2,1H3;2H2,1H3,(H,3,4,5).